The van der Waals surface area contributed by atoms with Gasteiger partial charge in [0.2, 0.25) is 0 Å². The lowest BCUT2D eigenvalue weighted by atomic mass is 9.94. The van der Waals surface area contributed by atoms with E-state index in [-0.39, 0.29) is 69.1 Å². The van der Waals surface area contributed by atoms with Crippen LogP contribution in [0.25, 0.3) is 0 Å². The molecule has 107 heavy (non-hydrogen) atoms. The van der Waals surface area contributed by atoms with E-state index in [9.17, 15) is 44.2 Å². The Morgan fingerprint density at radius 3 is 0.841 bits per heavy atom. The zero-order valence-electron chi connectivity index (χ0n) is 58.1. The third kappa shape index (κ3) is 26.7. The molecule has 0 saturated carbocycles. The molecule has 0 amide bonds. The Balaban J connectivity index is 1.35. The highest BCUT2D eigenvalue weighted by Gasteiger charge is 2.62. The van der Waals surface area contributed by atoms with Gasteiger partial charge in [-0.15, -0.1) is 17.3 Å². The van der Waals surface area contributed by atoms with E-state index in [1.165, 1.54) is 78.2 Å². The zero-order valence-corrected chi connectivity index (χ0v) is 63.8. The van der Waals surface area contributed by atoms with Gasteiger partial charge in [0.15, 0.2) is 99.2 Å². The van der Waals surface area contributed by atoms with Crippen LogP contribution in [0, 0.1) is 0 Å². The average Bonchev–Trinajstić information content (AvgIpc) is 0.762. The summed E-state index contributed by atoms with van der Waals surface area (Å²) in [5.41, 5.74) is 6.41. The second-order valence-corrected chi connectivity index (χ2v) is 27.3. The fourth-order valence-corrected chi connectivity index (χ4v) is 14.9. The molecule has 0 aliphatic carbocycles. The monoisotopic (exact) mass is 1720 g/mol. The zero-order chi connectivity index (χ0) is 78.8. The van der Waals surface area contributed by atoms with Gasteiger partial charge >= 0.3 is 31.2 Å². The number of hydrogen-bond donors (Lipinski definition) is 8. The van der Waals surface area contributed by atoms with Crippen molar-refractivity contribution >= 4 is 80.5 Å². The van der Waals surface area contributed by atoms with Crippen molar-refractivity contribution in [2.75, 3.05) is 125 Å². The fourth-order valence-electron chi connectivity index (χ4n) is 12.3. The number of hydrogen-bond acceptors (Lipinski definition) is 53. The maximum absolute atomic E-state index is 13.1. The molecule has 6 rings (SSSR count). The van der Waals surface area contributed by atoms with E-state index in [2.05, 4.69) is 41.7 Å². The van der Waals surface area contributed by atoms with Gasteiger partial charge in [-0.3, -0.25) is 30.4 Å². The smallest absolute Gasteiger partial charge is 0.382 e. The summed E-state index contributed by atoms with van der Waals surface area (Å²) in [7, 11) is -0.515. The molecule has 52 nitrogen and oxygen atoms in total. The highest BCUT2D eigenvalue weighted by Crippen LogP contribution is 2.43. The van der Waals surface area contributed by atoms with Crippen LogP contribution in [0.2, 0.25) is 0 Å². The minimum atomic E-state index is -5.88. The van der Waals surface area contributed by atoms with E-state index < -0.39 is 235 Å². The van der Waals surface area contributed by atoms with E-state index >= 15 is 0 Å². The highest BCUT2D eigenvalue weighted by molar-refractivity contribution is 7.90. The van der Waals surface area contributed by atoms with Gasteiger partial charge in [0.25, 0.3) is 0 Å². The summed E-state index contributed by atoms with van der Waals surface area (Å²) in [4.78, 5) is 0. The Hall–Kier alpha value is -0.590. The number of rotatable bonds is 50. The Labute approximate surface area is 628 Å². The minimum absolute atomic E-state index is 0.0258. The molecule has 6 saturated heterocycles. The van der Waals surface area contributed by atoms with Crippen molar-refractivity contribution in [1.29, 1.82) is 0 Å². The van der Waals surface area contributed by atoms with E-state index in [0.29, 0.717) is 0 Å². The van der Waals surface area contributed by atoms with Crippen LogP contribution in [-0.4, -0.2) is 369 Å². The largest absolute Gasteiger partial charge is 0.397 e. The third-order valence-corrected chi connectivity index (χ3v) is 19.5. The molecule has 9 N–H and O–H groups in total. The summed E-state index contributed by atoms with van der Waals surface area (Å²) in [6, 6.07) is 0. The van der Waals surface area contributed by atoms with E-state index in [1.54, 1.807) is 0 Å². The lowest BCUT2D eigenvalue weighted by Crippen LogP contribution is -2.69. The van der Waals surface area contributed by atoms with Crippen LogP contribution in [-0.2, 0) is 207 Å². The van der Waals surface area contributed by atoms with Crippen LogP contribution >= 0.6 is 49.3 Å². The van der Waals surface area contributed by atoms with Crippen molar-refractivity contribution < 1.29 is 236 Å². The molecule has 14 unspecified atom stereocenters. The standard InChI is InChI=1S/C48H87NO51S7/c1-63-14-20-26(32(67-5)37(70-8)43(74-12)78-20)85-45-40(73-11)34(69-7)28(22(80-45)16-65-3)86-46-39(72-10)33(68-6)27(21(79-46)15-64-2)84-44-38(71-9)31(66-4)25(19(13-49)77-44)83-48-42(92-107(60,61)62)35(89-102-98-94-51)29(23(81-48)17-75-105(54,55)56)87-47-41(91-104-100-96-53)36(90-103-99-95-52)30(88-101-97-93-50)24(82-47)18-76-106(57,58)59/h19-48,50-53H,13-18,49H2,1-12H3,(H,54,55,56)(H,57,58,59)(H,60,61,62)/t19?,20-,21?,22-,23?,24?,25+,26-,27+,28-,29-,30-,31+,32?,33+,34?,35?,36?,37?,38?,39?,40?,41?,42?,43+,44+,45-,46+,47-,48-/m1/s1. The molecule has 0 radical (unpaired) electrons. The van der Waals surface area contributed by atoms with Crippen molar-refractivity contribution in [3.8, 4) is 0 Å². The first-order chi connectivity index (χ1) is 51.2. The molecular formula is C48H87NO51S7. The van der Waals surface area contributed by atoms with E-state index in [1.807, 2.05) is 0 Å². The molecule has 0 bridgehead atoms. The summed E-state index contributed by atoms with van der Waals surface area (Å²) in [6.45, 7) is -3.80. The molecule has 6 fully saturated rings. The summed E-state index contributed by atoms with van der Waals surface area (Å²) >= 11 is -1.18. The maximum Gasteiger partial charge on any atom is 0.397 e. The molecule has 30 atom stereocenters. The van der Waals surface area contributed by atoms with Gasteiger partial charge in [-0.1, -0.05) is 20.2 Å². The van der Waals surface area contributed by atoms with E-state index in [0.717, 1.165) is 7.11 Å². The topological polar surface area (TPSA) is 621 Å². The summed E-state index contributed by atoms with van der Waals surface area (Å²) in [5, 5.41) is 50.3. The summed E-state index contributed by atoms with van der Waals surface area (Å²) < 4.78 is 300. The van der Waals surface area contributed by atoms with Crippen molar-refractivity contribution in [1.82, 2.24) is 0 Å². The number of nitrogens with two attached hydrogens (primary N) is 1. The van der Waals surface area contributed by atoms with Crippen LogP contribution in [0.4, 0.5) is 0 Å². The predicted molar refractivity (Wildman–Crippen MR) is 335 cm³/mol. The molecule has 0 spiro atoms. The lowest BCUT2D eigenvalue weighted by Gasteiger charge is -2.52. The average molecular weight is 1720 g/mol. The Kier molecular flexibility index (Phi) is 42.4. The molecule has 0 aromatic heterocycles. The molecule has 6 aliphatic heterocycles. The fraction of sp³-hybridized carbons (Fsp3) is 1.00. The molecule has 632 valence electrons. The van der Waals surface area contributed by atoms with Crippen molar-refractivity contribution in [3.63, 3.8) is 0 Å². The summed E-state index contributed by atoms with van der Waals surface area (Å²) in [5.74, 6) is 0. The molecule has 6 aliphatic rings. The van der Waals surface area contributed by atoms with Gasteiger partial charge in [0.1, 0.15) is 134 Å². The molecular weight excluding hydrogens is 1630 g/mol. The first-order valence-electron chi connectivity index (χ1n) is 30.5. The third-order valence-electron chi connectivity index (χ3n) is 16.5. The van der Waals surface area contributed by atoms with Gasteiger partial charge in [0, 0.05) is 91.9 Å². The SMILES string of the molecule is COCC1O[C@@H](O[C@H]2C(OC)C(OC)[C@@H](O[C@H]3C(OC)C(OC)[C@@H](OC)O[C@@H]3COC)O[C@@H]2COC)C(OC)[C@@H](OC)[C@H]1O[C@@H]1OC(CN)[C@H](O[C@H]2OC(COS(=O)(=O)O)[C@@H](O[C@H]3OC(COS(=O)(=O)O)[C@@H](OSOOO)C(OSOOO)C3OSOOO)C(OSOOO)C2OS(=O)(=O)O)[C@H](OC)C1OC. The first-order valence-corrected chi connectivity index (χ1v) is 37.2. The Bertz CT molecular complexity index is 2820. The highest BCUT2D eigenvalue weighted by atomic mass is 32.3. The van der Waals surface area contributed by atoms with Crippen LogP contribution < -0.4 is 5.73 Å². The lowest BCUT2D eigenvalue weighted by molar-refractivity contribution is -0.437. The molecule has 0 aromatic carbocycles. The van der Waals surface area contributed by atoms with Crippen LogP contribution in [0.15, 0.2) is 0 Å². The van der Waals surface area contributed by atoms with Gasteiger partial charge in [-0.2, -0.15) is 25.3 Å². The quantitative estimate of drug-likeness (QED) is 0.0100. The number of ether oxygens (including phenoxy) is 23. The van der Waals surface area contributed by atoms with Crippen LogP contribution in [0.5, 0.6) is 0 Å². The van der Waals surface area contributed by atoms with Gasteiger partial charge in [-0.05, 0) is 0 Å². The first kappa shape index (κ1) is 95.3. The normalized spacial score (nSPS) is 38.4. The van der Waals surface area contributed by atoms with Crippen molar-refractivity contribution in [3.05, 3.63) is 0 Å². The minimum Gasteiger partial charge on any atom is -0.382 e. The van der Waals surface area contributed by atoms with Gasteiger partial charge in [-0.25, -0.2) is 33.6 Å². The van der Waals surface area contributed by atoms with E-state index in [4.69, 9.17) is 156 Å². The van der Waals surface area contributed by atoms with Crippen LogP contribution in [0.1, 0.15) is 0 Å². The second-order valence-electron chi connectivity index (χ2n) is 22.2. The van der Waals surface area contributed by atoms with Crippen LogP contribution in [0.3, 0.4) is 0 Å². The van der Waals surface area contributed by atoms with Gasteiger partial charge in [0.05, 0.1) is 33.0 Å². The number of methoxy groups -OCH3 is 12. The second kappa shape index (κ2) is 47.6. The Morgan fingerprint density at radius 1 is 0.290 bits per heavy atom. The molecule has 6 heterocycles. The predicted octanol–water partition coefficient (Wildman–Crippen LogP) is -2.77. The molecule has 59 heteroatoms. The molecule has 0 aromatic rings. The van der Waals surface area contributed by atoms with Crippen molar-refractivity contribution in [2.24, 2.45) is 5.73 Å². The maximum atomic E-state index is 13.1. The Morgan fingerprint density at radius 2 is 0.542 bits per heavy atom. The van der Waals surface area contributed by atoms with Gasteiger partial charge < -0.3 is 115 Å². The summed E-state index contributed by atoms with van der Waals surface area (Å²) in [6.07, 6.45) is -47.1. The van der Waals surface area contributed by atoms with Crippen molar-refractivity contribution in [2.45, 2.75) is 184 Å².